The van der Waals surface area contributed by atoms with Crippen LogP contribution >= 0.6 is 0 Å². The average molecular weight is 1330 g/mol. The maximum absolute atomic E-state index is 14.9. The van der Waals surface area contributed by atoms with Crippen molar-refractivity contribution in [3.63, 3.8) is 0 Å². The Morgan fingerprint density at radius 3 is 1.25 bits per heavy atom. The summed E-state index contributed by atoms with van der Waals surface area (Å²) >= 11 is 0. The fourth-order valence-electron chi connectivity index (χ4n) is 11.8. The Balaban J connectivity index is 1.10. The first-order chi connectivity index (χ1) is 45.7. The van der Waals surface area contributed by atoms with Crippen molar-refractivity contribution in [1.29, 1.82) is 0 Å². The standard InChI is InChI=1S/C66H74O29/c1-33(67)76-29-44-50(81-35(3)69)54(83-37(5)71)57(84-38(6)72)64(87-44)94-55-51(82-36(4)70)45(30-77-34(2)68)88-65(58(55)85-39(7)73)95-56-52-47(32-80-62(92-52)43-26-18-11-19-27-43)89-66(59(56)90-60(75)41-22-14-9-15-23-41)93-53-48(74)63(78-28-40-20-12-8-13-21-40)86-46-31-79-61(91-49(46)53)42-24-16-10-17-25-42/h8-27,44-59,61-66,74H,28-32H2,1-7H3/t44?,45?,46?,47?,48?,49-,50-,51-,52-,53-,54+,55+,56+,57?,58?,59?,61?,62?,63-,64+,65+,66+/m1/s1. The monoisotopic (exact) mass is 1330 g/mol. The minimum absolute atomic E-state index is 0.0249. The van der Waals surface area contributed by atoms with Crippen LogP contribution in [-0.2, 0) is 135 Å². The van der Waals surface area contributed by atoms with Gasteiger partial charge < -0.3 is 99.8 Å². The molecule has 29 nitrogen and oxygen atoms in total. The second-order valence-corrected chi connectivity index (χ2v) is 22.8. The normalized spacial score (nSPS) is 33.5. The summed E-state index contributed by atoms with van der Waals surface area (Å²) in [4.78, 5) is 106. The quantitative estimate of drug-likeness (QED) is 0.0862. The van der Waals surface area contributed by atoms with Gasteiger partial charge in [-0.05, 0) is 17.7 Å². The number of carbonyl (C=O) groups is 8. The maximum atomic E-state index is 14.9. The Morgan fingerprint density at radius 2 is 0.768 bits per heavy atom. The molecule has 0 bridgehead atoms. The molecule has 22 atom stereocenters. The van der Waals surface area contributed by atoms with Gasteiger partial charge in [0.25, 0.3) is 0 Å². The van der Waals surface area contributed by atoms with E-state index in [9.17, 15) is 43.5 Å². The van der Waals surface area contributed by atoms with Crippen LogP contribution in [-0.4, -0.2) is 202 Å². The number of aliphatic hydroxyl groups excluding tert-OH is 1. The van der Waals surface area contributed by atoms with E-state index in [0.29, 0.717) is 11.1 Å². The minimum atomic E-state index is -2.08. The Bertz CT molecular complexity index is 3250. The van der Waals surface area contributed by atoms with Gasteiger partial charge in [-0.15, -0.1) is 0 Å². The van der Waals surface area contributed by atoms with Crippen LogP contribution in [0.4, 0.5) is 0 Å². The lowest BCUT2D eigenvalue weighted by Crippen LogP contribution is -2.70. The largest absolute Gasteiger partial charge is 0.463 e. The van der Waals surface area contributed by atoms with Gasteiger partial charge in [0.15, 0.2) is 74.4 Å². The van der Waals surface area contributed by atoms with Gasteiger partial charge in [0.2, 0.25) is 0 Å². The second-order valence-electron chi connectivity index (χ2n) is 22.8. The van der Waals surface area contributed by atoms with Crippen LogP contribution in [0, 0.1) is 0 Å². The molecule has 6 aliphatic heterocycles. The highest BCUT2D eigenvalue weighted by Gasteiger charge is 2.62. The number of rotatable bonds is 22. The van der Waals surface area contributed by atoms with E-state index in [1.165, 1.54) is 12.1 Å². The van der Waals surface area contributed by atoms with Crippen molar-refractivity contribution in [2.75, 3.05) is 26.4 Å². The number of hydrogen-bond donors (Lipinski definition) is 1. The Morgan fingerprint density at radius 1 is 0.389 bits per heavy atom. The molecule has 95 heavy (non-hydrogen) atoms. The van der Waals surface area contributed by atoms with E-state index in [4.69, 9.17) is 94.7 Å². The summed E-state index contributed by atoms with van der Waals surface area (Å²) in [5.41, 5.74) is 1.89. The molecule has 29 heteroatoms. The lowest BCUT2D eigenvalue weighted by Gasteiger charge is -2.53. The van der Waals surface area contributed by atoms with Crippen LogP contribution in [0.2, 0.25) is 0 Å². The number of ether oxygens (including phenoxy) is 20. The fraction of sp³-hybridized carbons (Fsp3) is 0.515. The van der Waals surface area contributed by atoms with E-state index in [1.54, 1.807) is 72.8 Å². The Hall–Kier alpha value is -7.88. The highest BCUT2D eigenvalue weighted by atomic mass is 16.8. The first-order valence-corrected chi connectivity index (χ1v) is 30.6. The second kappa shape index (κ2) is 32.2. The van der Waals surface area contributed by atoms with Gasteiger partial charge in [0, 0.05) is 59.6 Å². The molecule has 1 N–H and O–H groups in total. The number of aliphatic hydroxyl groups is 1. The van der Waals surface area contributed by atoms with Crippen LogP contribution in [0.1, 0.15) is 88.1 Å². The van der Waals surface area contributed by atoms with Crippen molar-refractivity contribution in [3.8, 4) is 0 Å². The lowest BCUT2D eigenvalue weighted by molar-refractivity contribution is -0.418. The maximum Gasteiger partial charge on any atom is 0.338 e. The molecule has 6 saturated heterocycles. The van der Waals surface area contributed by atoms with E-state index in [-0.39, 0.29) is 25.4 Å². The molecule has 6 aliphatic rings. The van der Waals surface area contributed by atoms with Crippen LogP contribution in [0.15, 0.2) is 121 Å². The van der Waals surface area contributed by atoms with Crippen molar-refractivity contribution in [1.82, 2.24) is 0 Å². The molecule has 10 unspecified atom stereocenters. The third kappa shape index (κ3) is 17.8. The number of esters is 8. The number of hydrogen-bond acceptors (Lipinski definition) is 29. The highest BCUT2D eigenvalue weighted by molar-refractivity contribution is 5.89. The zero-order chi connectivity index (χ0) is 67.4. The zero-order valence-corrected chi connectivity index (χ0v) is 52.7. The molecule has 0 aromatic heterocycles. The molecular weight excluding hydrogens is 1260 g/mol. The Labute approximate surface area is 544 Å². The molecule has 4 aromatic carbocycles. The Kier molecular flexibility index (Phi) is 23.7. The molecule has 0 spiro atoms. The SMILES string of the molecule is CC(=O)OCC1O[C@@H](O[C@@H]2C(OC(C)=O)[C@H](O[C@@H]3C(OC(=O)c4ccccc4)[C@H](O[C@@H]4C(O)[C@H](OCc5ccccc5)OC5COC(c6ccccc6)O[C@H]54)OC4COC(c5ccccc5)O[C@H]43)OC(COC(C)=O)[C@H]2OC(C)=O)C(OC(C)=O)[C@@H](OC(C)=O)[C@@H]1OC(C)=O. The predicted molar refractivity (Wildman–Crippen MR) is 313 cm³/mol. The first kappa shape index (κ1) is 69.9. The van der Waals surface area contributed by atoms with Gasteiger partial charge in [-0.25, -0.2) is 4.79 Å². The molecule has 512 valence electrons. The molecule has 0 saturated carbocycles. The van der Waals surface area contributed by atoms with Gasteiger partial charge in [0.05, 0.1) is 25.4 Å². The summed E-state index contributed by atoms with van der Waals surface area (Å²) < 4.78 is 126. The van der Waals surface area contributed by atoms with E-state index >= 15 is 0 Å². The van der Waals surface area contributed by atoms with E-state index in [0.717, 1.165) is 54.0 Å². The van der Waals surface area contributed by atoms with Crippen molar-refractivity contribution < 1.29 is 138 Å². The summed E-state index contributed by atoms with van der Waals surface area (Å²) in [5, 5.41) is 12.6. The van der Waals surface area contributed by atoms with Gasteiger partial charge in [0.1, 0.15) is 74.3 Å². The molecule has 10 rings (SSSR count). The van der Waals surface area contributed by atoms with E-state index in [2.05, 4.69) is 0 Å². The predicted octanol–water partition coefficient (Wildman–Crippen LogP) is 3.86. The highest BCUT2D eigenvalue weighted by Crippen LogP contribution is 2.44. The molecular formula is C66H74O29. The third-order valence-electron chi connectivity index (χ3n) is 15.7. The summed E-state index contributed by atoms with van der Waals surface area (Å²) in [5.74, 6) is -7.67. The van der Waals surface area contributed by atoms with E-state index in [1.807, 2.05) is 36.4 Å². The number of carbonyl (C=O) groups excluding carboxylic acids is 8. The van der Waals surface area contributed by atoms with E-state index < -0.39 is 196 Å². The molecule has 4 aromatic rings. The molecule has 0 amide bonds. The van der Waals surface area contributed by atoms with Crippen LogP contribution in [0.3, 0.4) is 0 Å². The van der Waals surface area contributed by atoms with Crippen LogP contribution in [0.5, 0.6) is 0 Å². The van der Waals surface area contributed by atoms with Gasteiger partial charge in [-0.2, -0.15) is 0 Å². The van der Waals surface area contributed by atoms with Crippen molar-refractivity contribution >= 4 is 47.8 Å². The average Bonchev–Trinajstić information content (AvgIpc) is 0.755. The molecule has 6 heterocycles. The molecule has 0 radical (unpaired) electrons. The number of benzene rings is 4. The summed E-state index contributed by atoms with van der Waals surface area (Å²) in [6, 6.07) is 34.6. The smallest absolute Gasteiger partial charge is 0.338 e. The first-order valence-electron chi connectivity index (χ1n) is 30.6. The number of fused-ring (bicyclic) bond motifs is 2. The summed E-state index contributed by atoms with van der Waals surface area (Å²) in [7, 11) is 0. The fourth-order valence-corrected chi connectivity index (χ4v) is 11.8. The van der Waals surface area contributed by atoms with Gasteiger partial charge in [-0.1, -0.05) is 109 Å². The van der Waals surface area contributed by atoms with Crippen molar-refractivity contribution in [2.24, 2.45) is 0 Å². The summed E-state index contributed by atoms with van der Waals surface area (Å²) in [6.07, 6.45) is -35.8. The van der Waals surface area contributed by atoms with Gasteiger partial charge in [-0.3, -0.25) is 33.6 Å². The summed E-state index contributed by atoms with van der Waals surface area (Å²) in [6.45, 7) is 5.29. The lowest BCUT2D eigenvalue weighted by atomic mass is 9.94. The minimum Gasteiger partial charge on any atom is -0.463 e. The zero-order valence-electron chi connectivity index (χ0n) is 52.7. The topological polar surface area (TPSA) is 341 Å². The third-order valence-corrected chi connectivity index (χ3v) is 15.7. The molecule has 6 fully saturated rings. The van der Waals surface area contributed by atoms with Crippen molar-refractivity contribution in [2.45, 2.75) is 190 Å². The van der Waals surface area contributed by atoms with Crippen LogP contribution in [0.25, 0.3) is 0 Å². The van der Waals surface area contributed by atoms with Gasteiger partial charge >= 0.3 is 47.8 Å². The van der Waals surface area contributed by atoms with Crippen LogP contribution < -0.4 is 0 Å². The van der Waals surface area contributed by atoms with Crippen molar-refractivity contribution in [3.05, 3.63) is 144 Å². The molecule has 0 aliphatic carbocycles.